The lowest BCUT2D eigenvalue weighted by atomic mass is 10.1. The molecule has 2 N–H and O–H groups in total. The smallest absolute Gasteiger partial charge is 0.326 e. The number of rotatable bonds is 7. The van der Waals surface area contributed by atoms with Gasteiger partial charge in [0.15, 0.2) is 0 Å². The van der Waals surface area contributed by atoms with Crippen molar-refractivity contribution in [1.29, 1.82) is 0 Å². The molecule has 1 amide bonds. The molecular formula is C14H18ClNO3. The van der Waals surface area contributed by atoms with Crippen LogP contribution < -0.4 is 5.32 Å². The molecule has 0 aliphatic heterocycles. The lowest BCUT2D eigenvalue weighted by molar-refractivity contribution is -0.142. The Balaban J connectivity index is 2.47. The summed E-state index contributed by atoms with van der Waals surface area (Å²) in [4.78, 5) is 22.6. The standard InChI is InChI=1S/C14H18ClNO3/c1-2-5-12(14(18)19)16-13(17)9-8-10-6-3-4-7-11(10)15/h3-4,6-7,12H,2,5,8-9H2,1H3,(H,16,17)(H,18,19). The lowest BCUT2D eigenvalue weighted by Gasteiger charge is -2.13. The number of carbonyl (C=O) groups is 2. The Morgan fingerprint density at radius 3 is 2.63 bits per heavy atom. The van der Waals surface area contributed by atoms with Crippen molar-refractivity contribution in [3.05, 3.63) is 34.9 Å². The van der Waals surface area contributed by atoms with Crippen LogP contribution >= 0.6 is 11.6 Å². The van der Waals surface area contributed by atoms with Gasteiger partial charge >= 0.3 is 5.97 Å². The van der Waals surface area contributed by atoms with Crippen LogP contribution in [0, 0.1) is 0 Å². The van der Waals surface area contributed by atoms with E-state index >= 15 is 0 Å². The van der Waals surface area contributed by atoms with Crippen LogP contribution in [0.1, 0.15) is 31.7 Å². The van der Waals surface area contributed by atoms with Crippen LogP contribution in [0.5, 0.6) is 0 Å². The van der Waals surface area contributed by atoms with E-state index in [0.717, 1.165) is 5.56 Å². The number of aryl methyl sites for hydroxylation is 1. The molecule has 0 heterocycles. The van der Waals surface area contributed by atoms with Gasteiger partial charge in [0.25, 0.3) is 0 Å². The first kappa shape index (κ1) is 15.5. The molecule has 1 aromatic rings. The molecule has 4 nitrogen and oxygen atoms in total. The molecular weight excluding hydrogens is 266 g/mol. The molecule has 0 spiro atoms. The number of carboxylic acid groups (broad SMARTS) is 1. The van der Waals surface area contributed by atoms with Crippen molar-refractivity contribution >= 4 is 23.5 Å². The van der Waals surface area contributed by atoms with Gasteiger partial charge in [-0.3, -0.25) is 4.79 Å². The maximum Gasteiger partial charge on any atom is 0.326 e. The van der Waals surface area contributed by atoms with Crippen molar-refractivity contribution in [1.82, 2.24) is 5.32 Å². The van der Waals surface area contributed by atoms with E-state index in [2.05, 4.69) is 5.32 Å². The molecule has 104 valence electrons. The van der Waals surface area contributed by atoms with E-state index in [1.807, 2.05) is 25.1 Å². The first-order chi connectivity index (χ1) is 9.04. The van der Waals surface area contributed by atoms with E-state index in [1.54, 1.807) is 6.07 Å². The minimum Gasteiger partial charge on any atom is -0.480 e. The zero-order valence-electron chi connectivity index (χ0n) is 10.9. The zero-order chi connectivity index (χ0) is 14.3. The number of aliphatic carboxylic acids is 1. The number of halogens is 1. The van der Waals surface area contributed by atoms with Gasteiger partial charge in [-0.25, -0.2) is 4.79 Å². The molecule has 0 saturated heterocycles. The van der Waals surface area contributed by atoms with E-state index in [4.69, 9.17) is 16.7 Å². The summed E-state index contributed by atoms with van der Waals surface area (Å²) < 4.78 is 0. The third kappa shape index (κ3) is 5.30. The Labute approximate surface area is 117 Å². The highest BCUT2D eigenvalue weighted by molar-refractivity contribution is 6.31. The summed E-state index contributed by atoms with van der Waals surface area (Å²) in [5, 5.41) is 12.1. The van der Waals surface area contributed by atoms with E-state index in [0.29, 0.717) is 24.3 Å². The summed E-state index contributed by atoms with van der Waals surface area (Å²) in [7, 11) is 0. The van der Waals surface area contributed by atoms with Crippen molar-refractivity contribution in [3.63, 3.8) is 0 Å². The topological polar surface area (TPSA) is 66.4 Å². The van der Waals surface area contributed by atoms with Crippen molar-refractivity contribution in [2.75, 3.05) is 0 Å². The quantitative estimate of drug-likeness (QED) is 0.808. The maximum absolute atomic E-state index is 11.7. The van der Waals surface area contributed by atoms with Gasteiger partial charge < -0.3 is 10.4 Å². The molecule has 5 heteroatoms. The van der Waals surface area contributed by atoms with Crippen molar-refractivity contribution in [3.8, 4) is 0 Å². The molecule has 0 fully saturated rings. The molecule has 1 atom stereocenters. The van der Waals surface area contributed by atoms with Crippen LogP contribution in [0.3, 0.4) is 0 Å². The van der Waals surface area contributed by atoms with Gasteiger partial charge in [-0.1, -0.05) is 43.1 Å². The zero-order valence-corrected chi connectivity index (χ0v) is 11.6. The molecule has 0 saturated carbocycles. The van der Waals surface area contributed by atoms with Gasteiger partial charge in [0, 0.05) is 11.4 Å². The van der Waals surface area contributed by atoms with Gasteiger partial charge in [-0.05, 0) is 24.5 Å². The van der Waals surface area contributed by atoms with Crippen molar-refractivity contribution in [2.45, 2.75) is 38.6 Å². The second kappa shape index (κ2) is 7.79. The van der Waals surface area contributed by atoms with Gasteiger partial charge in [0.1, 0.15) is 6.04 Å². The van der Waals surface area contributed by atoms with Gasteiger partial charge in [-0.15, -0.1) is 0 Å². The predicted octanol–water partition coefficient (Wildman–Crippen LogP) is 2.64. The number of carboxylic acids is 1. The molecule has 0 aliphatic rings. The molecule has 0 aliphatic carbocycles. The van der Waals surface area contributed by atoms with Crippen LogP contribution in [0.2, 0.25) is 5.02 Å². The van der Waals surface area contributed by atoms with E-state index in [-0.39, 0.29) is 12.3 Å². The number of nitrogens with one attached hydrogen (secondary N) is 1. The Bertz CT molecular complexity index is 448. The molecule has 0 bridgehead atoms. The second-order valence-electron chi connectivity index (χ2n) is 4.34. The Morgan fingerprint density at radius 2 is 2.05 bits per heavy atom. The monoisotopic (exact) mass is 283 g/mol. The van der Waals surface area contributed by atoms with E-state index < -0.39 is 12.0 Å². The predicted molar refractivity (Wildman–Crippen MR) is 74.2 cm³/mol. The molecule has 1 aromatic carbocycles. The Morgan fingerprint density at radius 1 is 1.37 bits per heavy atom. The van der Waals surface area contributed by atoms with Gasteiger partial charge in [-0.2, -0.15) is 0 Å². The Hall–Kier alpha value is -1.55. The number of carbonyl (C=O) groups excluding carboxylic acids is 1. The van der Waals surface area contributed by atoms with Crippen LogP contribution in [0.15, 0.2) is 24.3 Å². The molecule has 0 aromatic heterocycles. The van der Waals surface area contributed by atoms with Crippen LogP contribution in [0.25, 0.3) is 0 Å². The highest BCUT2D eigenvalue weighted by Crippen LogP contribution is 2.16. The fourth-order valence-corrected chi connectivity index (χ4v) is 1.99. The van der Waals surface area contributed by atoms with Crippen molar-refractivity contribution < 1.29 is 14.7 Å². The molecule has 1 unspecified atom stereocenters. The van der Waals surface area contributed by atoms with Crippen molar-refractivity contribution in [2.24, 2.45) is 0 Å². The average molecular weight is 284 g/mol. The van der Waals surface area contributed by atoms with Crippen LogP contribution in [-0.2, 0) is 16.0 Å². The molecule has 1 rings (SSSR count). The summed E-state index contributed by atoms with van der Waals surface area (Å²) in [6, 6.07) is 6.51. The van der Waals surface area contributed by atoms with Gasteiger partial charge in [0.2, 0.25) is 5.91 Å². The largest absolute Gasteiger partial charge is 0.480 e. The third-order valence-electron chi connectivity index (χ3n) is 2.79. The summed E-state index contributed by atoms with van der Waals surface area (Å²) in [6.45, 7) is 1.88. The number of hydrogen-bond acceptors (Lipinski definition) is 2. The SMILES string of the molecule is CCCC(NC(=O)CCc1ccccc1Cl)C(=O)O. The first-order valence-corrected chi connectivity index (χ1v) is 6.68. The second-order valence-corrected chi connectivity index (χ2v) is 4.75. The highest BCUT2D eigenvalue weighted by atomic mass is 35.5. The fraction of sp³-hybridized carbons (Fsp3) is 0.429. The minimum absolute atomic E-state index is 0.233. The third-order valence-corrected chi connectivity index (χ3v) is 3.16. The number of amides is 1. The minimum atomic E-state index is -0.993. The summed E-state index contributed by atoms with van der Waals surface area (Å²) >= 11 is 5.99. The summed E-state index contributed by atoms with van der Waals surface area (Å²) in [6.07, 6.45) is 1.89. The van der Waals surface area contributed by atoms with Gasteiger partial charge in [0.05, 0.1) is 0 Å². The number of hydrogen-bond donors (Lipinski definition) is 2. The summed E-state index contributed by atoms with van der Waals surface area (Å²) in [5.74, 6) is -1.26. The van der Waals surface area contributed by atoms with E-state index in [9.17, 15) is 9.59 Å². The van der Waals surface area contributed by atoms with Crippen LogP contribution in [0.4, 0.5) is 0 Å². The maximum atomic E-state index is 11.7. The first-order valence-electron chi connectivity index (χ1n) is 6.30. The number of benzene rings is 1. The summed E-state index contributed by atoms with van der Waals surface area (Å²) in [5.41, 5.74) is 0.890. The Kier molecular flexibility index (Phi) is 6.36. The van der Waals surface area contributed by atoms with E-state index in [1.165, 1.54) is 0 Å². The highest BCUT2D eigenvalue weighted by Gasteiger charge is 2.18. The normalized spacial score (nSPS) is 11.9. The van der Waals surface area contributed by atoms with Crippen LogP contribution in [-0.4, -0.2) is 23.0 Å². The fourth-order valence-electron chi connectivity index (χ4n) is 1.76. The molecule has 0 radical (unpaired) electrons. The average Bonchev–Trinajstić information content (AvgIpc) is 2.37. The molecule has 19 heavy (non-hydrogen) atoms. The lowest BCUT2D eigenvalue weighted by Crippen LogP contribution is -2.40.